The van der Waals surface area contributed by atoms with Crippen LogP contribution in [0, 0.1) is 0 Å². The number of rotatable bonds is 6. The van der Waals surface area contributed by atoms with Crippen molar-refractivity contribution in [2.45, 2.75) is 32.2 Å². The van der Waals surface area contributed by atoms with Gasteiger partial charge in [0, 0.05) is 29.8 Å². The lowest BCUT2D eigenvalue weighted by molar-refractivity contribution is 0.251. The van der Waals surface area contributed by atoms with E-state index in [0.29, 0.717) is 24.9 Å². The summed E-state index contributed by atoms with van der Waals surface area (Å²) in [6.45, 7) is 2.94. The second-order valence-corrected chi connectivity index (χ2v) is 5.33. The van der Waals surface area contributed by atoms with Crippen LogP contribution < -0.4 is 15.4 Å². The summed E-state index contributed by atoms with van der Waals surface area (Å²) in [5.41, 5.74) is 2.04. The number of para-hydroxylation sites is 1. The van der Waals surface area contributed by atoms with Crippen LogP contribution in [-0.2, 0) is 6.54 Å². The number of H-pyrrole nitrogens is 1. The van der Waals surface area contributed by atoms with E-state index in [1.54, 1.807) is 0 Å². The largest absolute Gasteiger partial charge is 0.494 e. The smallest absolute Gasteiger partial charge is 0.320 e. The molecule has 6 nitrogen and oxygen atoms in total. The number of hydrogen-bond donors (Lipinski definition) is 3. The van der Waals surface area contributed by atoms with Gasteiger partial charge in [-0.15, -0.1) is 0 Å². The third kappa shape index (κ3) is 3.58. The normalized spacial score (nSPS) is 13.7. The lowest BCUT2D eigenvalue weighted by Crippen LogP contribution is -2.28. The zero-order valence-electron chi connectivity index (χ0n) is 12.6. The summed E-state index contributed by atoms with van der Waals surface area (Å²) in [5.74, 6) is 1.93. The van der Waals surface area contributed by atoms with Gasteiger partial charge in [-0.25, -0.2) is 4.79 Å². The number of aromatic amines is 1. The van der Waals surface area contributed by atoms with Gasteiger partial charge < -0.3 is 10.1 Å². The van der Waals surface area contributed by atoms with E-state index in [1.807, 2.05) is 37.3 Å². The first kappa shape index (κ1) is 14.4. The van der Waals surface area contributed by atoms with Gasteiger partial charge >= 0.3 is 6.03 Å². The minimum Gasteiger partial charge on any atom is -0.494 e. The van der Waals surface area contributed by atoms with Crippen molar-refractivity contribution >= 4 is 11.8 Å². The Morgan fingerprint density at radius 3 is 3.00 bits per heavy atom. The molecule has 2 aromatic rings. The minimum atomic E-state index is -0.278. The van der Waals surface area contributed by atoms with Crippen molar-refractivity contribution in [3.05, 3.63) is 41.6 Å². The van der Waals surface area contributed by atoms with Crippen LogP contribution in [0.25, 0.3) is 0 Å². The van der Waals surface area contributed by atoms with Gasteiger partial charge in [0.05, 0.1) is 6.61 Å². The number of benzene rings is 1. The van der Waals surface area contributed by atoms with Gasteiger partial charge in [0.25, 0.3) is 0 Å². The van der Waals surface area contributed by atoms with E-state index in [-0.39, 0.29) is 6.03 Å². The molecule has 0 spiro atoms. The van der Waals surface area contributed by atoms with Crippen molar-refractivity contribution in [3.8, 4) is 5.75 Å². The highest BCUT2D eigenvalue weighted by Crippen LogP contribution is 2.39. The Balaban J connectivity index is 1.53. The number of ether oxygens (including phenoxy) is 1. The van der Waals surface area contributed by atoms with Gasteiger partial charge in [0.1, 0.15) is 5.75 Å². The fourth-order valence-corrected chi connectivity index (χ4v) is 2.29. The first-order valence-electron chi connectivity index (χ1n) is 7.57. The lowest BCUT2D eigenvalue weighted by atomic mass is 10.2. The Kier molecular flexibility index (Phi) is 4.27. The zero-order chi connectivity index (χ0) is 15.4. The highest BCUT2D eigenvalue weighted by molar-refractivity contribution is 5.88. The molecule has 0 bridgehead atoms. The summed E-state index contributed by atoms with van der Waals surface area (Å²) >= 11 is 0. The number of carbonyl (C=O) groups is 1. The predicted octanol–water partition coefficient (Wildman–Crippen LogP) is 3.01. The molecule has 22 heavy (non-hydrogen) atoms. The van der Waals surface area contributed by atoms with E-state index < -0.39 is 0 Å². The Bertz CT molecular complexity index is 649. The van der Waals surface area contributed by atoms with Gasteiger partial charge in [-0.3, -0.25) is 10.4 Å². The topological polar surface area (TPSA) is 79.0 Å². The molecule has 2 amide bonds. The maximum Gasteiger partial charge on any atom is 0.320 e. The molecule has 3 N–H and O–H groups in total. The number of hydrogen-bond acceptors (Lipinski definition) is 3. The quantitative estimate of drug-likeness (QED) is 0.767. The number of nitrogens with one attached hydrogen (secondary N) is 3. The van der Waals surface area contributed by atoms with E-state index in [1.165, 1.54) is 12.8 Å². The maximum absolute atomic E-state index is 11.9. The molecule has 1 aliphatic rings. The number of carbonyl (C=O) groups excluding carboxylic acids is 1. The summed E-state index contributed by atoms with van der Waals surface area (Å²) in [4.78, 5) is 11.9. The third-order valence-corrected chi connectivity index (χ3v) is 3.57. The number of nitrogens with zero attached hydrogens (tertiary/aromatic N) is 1. The molecule has 1 aromatic heterocycles. The van der Waals surface area contributed by atoms with E-state index in [0.717, 1.165) is 17.0 Å². The van der Waals surface area contributed by atoms with Crippen molar-refractivity contribution in [2.24, 2.45) is 0 Å². The summed E-state index contributed by atoms with van der Waals surface area (Å²) < 4.78 is 5.54. The van der Waals surface area contributed by atoms with Crippen LogP contribution in [0.2, 0.25) is 0 Å². The van der Waals surface area contributed by atoms with Gasteiger partial charge in [0.15, 0.2) is 5.82 Å². The van der Waals surface area contributed by atoms with Crippen molar-refractivity contribution < 1.29 is 9.53 Å². The Labute approximate surface area is 129 Å². The molecule has 6 heteroatoms. The van der Waals surface area contributed by atoms with Crippen LogP contribution in [0.4, 0.5) is 10.6 Å². The second kappa shape index (κ2) is 6.51. The Morgan fingerprint density at radius 1 is 1.41 bits per heavy atom. The second-order valence-electron chi connectivity index (χ2n) is 5.33. The van der Waals surface area contributed by atoms with Gasteiger partial charge in [0.2, 0.25) is 0 Å². The molecule has 116 valence electrons. The van der Waals surface area contributed by atoms with E-state index >= 15 is 0 Å². The molecule has 3 rings (SSSR count). The molecule has 1 heterocycles. The molecule has 0 saturated heterocycles. The van der Waals surface area contributed by atoms with Crippen molar-refractivity contribution in [1.29, 1.82) is 0 Å². The minimum absolute atomic E-state index is 0.278. The number of anilines is 1. The fourth-order valence-electron chi connectivity index (χ4n) is 2.29. The Morgan fingerprint density at radius 2 is 2.23 bits per heavy atom. The number of amides is 2. The molecular formula is C16H20N4O2. The summed E-state index contributed by atoms with van der Waals surface area (Å²) in [7, 11) is 0. The summed E-state index contributed by atoms with van der Waals surface area (Å²) in [6, 6.07) is 9.29. The van der Waals surface area contributed by atoms with Crippen LogP contribution in [0.1, 0.15) is 36.9 Å². The van der Waals surface area contributed by atoms with Crippen LogP contribution in [-0.4, -0.2) is 22.8 Å². The molecule has 1 saturated carbocycles. The highest BCUT2D eigenvalue weighted by atomic mass is 16.5. The van der Waals surface area contributed by atoms with E-state index in [9.17, 15) is 4.79 Å². The molecule has 1 fully saturated rings. The van der Waals surface area contributed by atoms with Crippen LogP contribution in [0.15, 0.2) is 30.3 Å². The summed E-state index contributed by atoms with van der Waals surface area (Å²) in [5, 5.41) is 12.6. The van der Waals surface area contributed by atoms with Gasteiger partial charge in [-0.05, 0) is 25.8 Å². The van der Waals surface area contributed by atoms with E-state index in [2.05, 4.69) is 20.8 Å². The molecule has 0 atom stereocenters. The number of aromatic nitrogens is 2. The first-order valence-corrected chi connectivity index (χ1v) is 7.57. The molecule has 1 aromatic carbocycles. The van der Waals surface area contributed by atoms with Crippen molar-refractivity contribution in [3.63, 3.8) is 0 Å². The average molecular weight is 300 g/mol. The van der Waals surface area contributed by atoms with Crippen LogP contribution in [0.3, 0.4) is 0 Å². The number of urea groups is 1. The van der Waals surface area contributed by atoms with Crippen molar-refractivity contribution in [2.75, 3.05) is 11.9 Å². The van der Waals surface area contributed by atoms with Crippen LogP contribution >= 0.6 is 0 Å². The third-order valence-electron chi connectivity index (χ3n) is 3.57. The zero-order valence-corrected chi connectivity index (χ0v) is 12.6. The van der Waals surface area contributed by atoms with Crippen LogP contribution in [0.5, 0.6) is 5.75 Å². The molecule has 0 aliphatic heterocycles. The SMILES string of the molecule is CCOc1ccccc1CNC(=O)Nc1cc(C2CC2)[nH]n1. The maximum atomic E-state index is 11.9. The van der Waals surface area contributed by atoms with E-state index in [4.69, 9.17) is 4.74 Å². The molecule has 0 unspecified atom stereocenters. The standard InChI is InChI=1S/C16H20N4O2/c1-2-22-14-6-4-3-5-12(14)10-17-16(21)18-15-9-13(19-20-15)11-7-8-11/h3-6,9,11H,2,7-8,10H2,1H3,(H3,17,18,19,20,21). The predicted molar refractivity (Wildman–Crippen MR) is 84.0 cm³/mol. The van der Waals surface area contributed by atoms with Crippen molar-refractivity contribution in [1.82, 2.24) is 15.5 Å². The van der Waals surface area contributed by atoms with Gasteiger partial charge in [-0.1, -0.05) is 18.2 Å². The van der Waals surface area contributed by atoms with Gasteiger partial charge in [-0.2, -0.15) is 5.10 Å². The average Bonchev–Trinajstić information content (AvgIpc) is 3.27. The lowest BCUT2D eigenvalue weighted by Gasteiger charge is -2.10. The highest BCUT2D eigenvalue weighted by Gasteiger charge is 2.25. The fraction of sp³-hybridized carbons (Fsp3) is 0.375. The molecular weight excluding hydrogens is 280 g/mol. The monoisotopic (exact) mass is 300 g/mol. The Hall–Kier alpha value is -2.50. The molecule has 1 aliphatic carbocycles. The first-order chi connectivity index (χ1) is 10.8. The molecule has 0 radical (unpaired) electrons. The summed E-state index contributed by atoms with van der Waals surface area (Å²) in [6.07, 6.45) is 2.39.